The summed E-state index contributed by atoms with van der Waals surface area (Å²) in [6, 6.07) is 0. The summed E-state index contributed by atoms with van der Waals surface area (Å²) >= 11 is 13.2. The number of hydrogen-bond donors (Lipinski definition) is 1. The van der Waals surface area contributed by atoms with E-state index in [4.69, 9.17) is 23.2 Å². The minimum Gasteiger partial charge on any atom is -0.261 e. The number of nitrogens with one attached hydrogen (secondary N) is 1. The van der Waals surface area contributed by atoms with Crippen LogP contribution in [0.3, 0.4) is 0 Å². The Morgan fingerprint density at radius 2 is 2.25 bits per heavy atom. The maximum atomic E-state index is 5.67. The Bertz CT molecular complexity index is 53.3. The zero-order valence-corrected chi connectivity index (χ0v) is 8.00. The molecule has 0 saturated heterocycles. The van der Waals surface area contributed by atoms with Crippen LogP contribution in [0.15, 0.2) is 0 Å². The standard InChI is InChI=1S/C4H8Cl2IN/c5-3-4(6)1-2-8-7/h4,8H,1-3H2. The first kappa shape index (κ1) is 9.27. The van der Waals surface area contributed by atoms with Gasteiger partial charge in [0.05, 0.1) is 0 Å². The van der Waals surface area contributed by atoms with Crippen molar-refractivity contribution >= 4 is 46.1 Å². The van der Waals surface area contributed by atoms with E-state index in [2.05, 4.69) is 26.4 Å². The van der Waals surface area contributed by atoms with Gasteiger partial charge >= 0.3 is 0 Å². The summed E-state index contributed by atoms with van der Waals surface area (Å²) in [5.41, 5.74) is 0. The Hall–Kier alpha value is 1.27. The topological polar surface area (TPSA) is 12.0 Å². The lowest BCUT2D eigenvalue weighted by Crippen LogP contribution is -2.09. The molecule has 0 rings (SSSR count). The van der Waals surface area contributed by atoms with Crippen molar-refractivity contribution in [3.05, 3.63) is 0 Å². The Kier molecular flexibility index (Phi) is 7.41. The summed E-state index contributed by atoms with van der Waals surface area (Å²) in [6.07, 6.45) is 0.938. The van der Waals surface area contributed by atoms with E-state index in [-0.39, 0.29) is 5.38 Å². The van der Waals surface area contributed by atoms with Crippen LogP contribution in [0.4, 0.5) is 0 Å². The summed E-state index contributed by atoms with van der Waals surface area (Å²) < 4.78 is 2.96. The second-order valence-electron chi connectivity index (χ2n) is 1.42. The van der Waals surface area contributed by atoms with Crippen molar-refractivity contribution in [3.8, 4) is 0 Å². The highest BCUT2D eigenvalue weighted by molar-refractivity contribution is 14.1. The van der Waals surface area contributed by atoms with E-state index in [9.17, 15) is 0 Å². The molecular weight excluding hydrogens is 260 g/mol. The van der Waals surface area contributed by atoms with Crippen molar-refractivity contribution in [2.75, 3.05) is 12.4 Å². The van der Waals surface area contributed by atoms with Gasteiger partial charge in [-0.25, -0.2) is 0 Å². The molecule has 4 heteroatoms. The summed E-state index contributed by atoms with van der Waals surface area (Å²) in [4.78, 5) is 0. The first-order valence-corrected chi connectivity index (χ1v) is 4.39. The fourth-order valence-electron chi connectivity index (χ4n) is 0.288. The van der Waals surface area contributed by atoms with Gasteiger partial charge in [-0.15, -0.1) is 23.2 Å². The molecule has 1 N–H and O–H groups in total. The van der Waals surface area contributed by atoms with Crippen LogP contribution >= 0.6 is 46.1 Å². The van der Waals surface area contributed by atoms with Crippen LogP contribution in [0.2, 0.25) is 0 Å². The van der Waals surface area contributed by atoms with Gasteiger partial charge in [-0.1, -0.05) is 0 Å². The third-order valence-corrected chi connectivity index (χ3v) is 2.16. The lowest BCUT2D eigenvalue weighted by molar-refractivity contribution is 0.800. The molecule has 8 heavy (non-hydrogen) atoms. The first-order chi connectivity index (χ1) is 3.81. The number of rotatable bonds is 4. The van der Waals surface area contributed by atoms with E-state index in [0.29, 0.717) is 5.88 Å². The highest BCUT2D eigenvalue weighted by atomic mass is 127. The highest BCUT2D eigenvalue weighted by Gasteiger charge is 1.98. The average Bonchev–Trinajstić information content (AvgIpc) is 1.83. The first-order valence-electron chi connectivity index (χ1n) is 2.34. The number of alkyl halides is 2. The van der Waals surface area contributed by atoms with Gasteiger partial charge in [0.25, 0.3) is 0 Å². The van der Waals surface area contributed by atoms with E-state index >= 15 is 0 Å². The molecule has 0 aromatic heterocycles. The molecule has 0 aliphatic rings. The van der Waals surface area contributed by atoms with Gasteiger partial charge in [0.1, 0.15) is 0 Å². The fraction of sp³-hybridized carbons (Fsp3) is 1.00. The van der Waals surface area contributed by atoms with Gasteiger partial charge in [-0.3, -0.25) is 3.53 Å². The molecule has 0 fully saturated rings. The normalized spacial score (nSPS) is 13.9. The van der Waals surface area contributed by atoms with Gasteiger partial charge in [0, 0.05) is 40.7 Å². The summed E-state index contributed by atoms with van der Waals surface area (Å²) in [5, 5.41) is 0.124. The summed E-state index contributed by atoms with van der Waals surface area (Å²) in [7, 11) is 0. The van der Waals surface area contributed by atoms with Crippen LogP contribution in [-0.2, 0) is 0 Å². The molecule has 1 nitrogen and oxygen atoms in total. The van der Waals surface area contributed by atoms with Gasteiger partial charge in [-0.05, 0) is 6.42 Å². The molecule has 0 aliphatic heterocycles. The quantitative estimate of drug-likeness (QED) is 0.468. The van der Waals surface area contributed by atoms with Crippen LogP contribution < -0.4 is 3.53 Å². The van der Waals surface area contributed by atoms with Gasteiger partial charge in [0.2, 0.25) is 0 Å². The summed E-state index contributed by atoms with van der Waals surface area (Å²) in [5.74, 6) is 0.542. The van der Waals surface area contributed by atoms with Gasteiger partial charge in [-0.2, -0.15) is 0 Å². The fourth-order valence-corrected chi connectivity index (χ4v) is 0.863. The molecule has 0 saturated carbocycles. The highest BCUT2D eigenvalue weighted by Crippen LogP contribution is 2.02. The molecule has 0 amide bonds. The van der Waals surface area contributed by atoms with Gasteiger partial charge < -0.3 is 0 Å². The molecular formula is C4H8Cl2IN. The molecule has 0 radical (unpaired) electrons. The van der Waals surface area contributed by atoms with Crippen LogP contribution in [0.25, 0.3) is 0 Å². The largest absolute Gasteiger partial charge is 0.261 e. The predicted molar refractivity (Wildman–Crippen MR) is 47.0 cm³/mol. The minimum atomic E-state index is 0.124. The predicted octanol–water partition coefficient (Wildman–Crippen LogP) is 2.16. The van der Waals surface area contributed by atoms with Crippen LogP contribution in [0.1, 0.15) is 6.42 Å². The lowest BCUT2D eigenvalue weighted by atomic mass is 10.3. The van der Waals surface area contributed by atoms with Crippen molar-refractivity contribution in [2.45, 2.75) is 11.8 Å². The average molecular weight is 268 g/mol. The zero-order chi connectivity index (χ0) is 6.41. The van der Waals surface area contributed by atoms with Gasteiger partial charge in [0.15, 0.2) is 0 Å². The smallest absolute Gasteiger partial charge is 0.0483 e. The minimum absolute atomic E-state index is 0.124. The molecule has 1 atom stereocenters. The Labute approximate surface area is 73.6 Å². The van der Waals surface area contributed by atoms with E-state index in [1.165, 1.54) is 0 Å². The second kappa shape index (κ2) is 6.39. The van der Waals surface area contributed by atoms with Crippen molar-refractivity contribution < 1.29 is 0 Å². The molecule has 0 bridgehead atoms. The van der Waals surface area contributed by atoms with E-state index in [1.807, 2.05) is 0 Å². The maximum absolute atomic E-state index is 5.67. The van der Waals surface area contributed by atoms with Crippen LogP contribution in [0.5, 0.6) is 0 Å². The summed E-state index contributed by atoms with van der Waals surface area (Å²) in [6.45, 7) is 0.932. The second-order valence-corrected chi connectivity index (χ2v) is 3.11. The molecule has 0 aromatic rings. The molecule has 0 aromatic carbocycles. The van der Waals surface area contributed by atoms with E-state index in [1.54, 1.807) is 0 Å². The number of hydrogen-bond acceptors (Lipinski definition) is 1. The molecule has 0 spiro atoms. The van der Waals surface area contributed by atoms with E-state index in [0.717, 1.165) is 13.0 Å². The maximum Gasteiger partial charge on any atom is 0.0483 e. The molecule has 0 heterocycles. The molecule has 1 unspecified atom stereocenters. The Balaban J connectivity index is 2.86. The zero-order valence-electron chi connectivity index (χ0n) is 4.33. The monoisotopic (exact) mass is 267 g/mol. The molecule has 50 valence electrons. The Morgan fingerprint density at radius 1 is 1.62 bits per heavy atom. The lowest BCUT2D eigenvalue weighted by Gasteiger charge is -2.00. The third kappa shape index (κ3) is 5.41. The van der Waals surface area contributed by atoms with Crippen LogP contribution in [0, 0.1) is 0 Å². The van der Waals surface area contributed by atoms with Crippen molar-refractivity contribution in [3.63, 3.8) is 0 Å². The third-order valence-electron chi connectivity index (χ3n) is 0.719. The SMILES string of the molecule is ClCC(Cl)CCNI. The van der Waals surface area contributed by atoms with E-state index < -0.39 is 0 Å². The van der Waals surface area contributed by atoms with Crippen molar-refractivity contribution in [2.24, 2.45) is 0 Å². The Morgan fingerprint density at radius 3 is 2.62 bits per heavy atom. The van der Waals surface area contributed by atoms with Crippen molar-refractivity contribution in [1.29, 1.82) is 0 Å². The molecule has 0 aliphatic carbocycles. The van der Waals surface area contributed by atoms with Crippen LogP contribution in [-0.4, -0.2) is 17.8 Å². The number of halogens is 3. The van der Waals surface area contributed by atoms with Crippen molar-refractivity contribution in [1.82, 2.24) is 3.53 Å².